The molecule has 2 unspecified atom stereocenters. The summed E-state index contributed by atoms with van der Waals surface area (Å²) in [7, 11) is 0. The molecule has 73 heavy (non-hydrogen) atoms. The molecule has 11 atom stereocenters. The highest BCUT2D eigenvalue weighted by Crippen LogP contribution is 2.64. The number of nitrogens with one attached hydrogen (secondary N) is 2. The number of aryl methyl sites for hydroxylation is 1. The number of fused-ring (bicyclic) bond motifs is 5. The standard InChI is InChI=1S/C55H58N2O16/c1-30-37(70-50(66)43(62)42(33-15-9-6-10-16-33)57-48(64)34-17-11-7-12-18-34)28-55(68)47(72-49(65)35-19-13-8-14-20-35)45-53(5,38(59)27-39-54(45,29-69-39)73-31(2)58)46(63)44(41(30)52(55,3)4)71-51(67)56-36-24-21-32(22-25-36)23-26-40(60)61/h6-22,24-25,37-39,42-45,47,59,62,68H,23,26-29H2,1-5H3,(H,56,67)(H,57,64)(H,60,61)/t37-,38-,39?,42-,43+,44+,45-,47-,53?,54+,55+/m0/s1. The number of hydrogen-bond acceptors (Lipinski definition) is 15. The van der Waals surface area contributed by atoms with Gasteiger partial charge in [-0.15, -0.1) is 0 Å². The number of benzene rings is 4. The van der Waals surface area contributed by atoms with E-state index < -0.39 is 119 Å². The van der Waals surface area contributed by atoms with Gasteiger partial charge in [-0.05, 0) is 78.9 Å². The zero-order valence-electron chi connectivity index (χ0n) is 40.8. The number of carboxylic acid groups (broad SMARTS) is 1. The summed E-state index contributed by atoms with van der Waals surface area (Å²) in [5.41, 5.74) is -6.89. The van der Waals surface area contributed by atoms with Crippen LogP contribution in [0.3, 0.4) is 0 Å². The summed E-state index contributed by atoms with van der Waals surface area (Å²) in [5.74, 6) is -7.30. The lowest BCUT2D eigenvalue weighted by Crippen LogP contribution is -2.82. The third-order valence-electron chi connectivity index (χ3n) is 15.2. The van der Waals surface area contributed by atoms with E-state index in [-0.39, 0.29) is 53.8 Å². The van der Waals surface area contributed by atoms with Gasteiger partial charge >= 0.3 is 30.0 Å². The third kappa shape index (κ3) is 9.63. The highest BCUT2D eigenvalue weighted by molar-refractivity contribution is 5.97. The number of ether oxygens (including phenoxy) is 5. The van der Waals surface area contributed by atoms with Gasteiger partial charge in [0.25, 0.3) is 5.91 Å². The molecule has 4 aromatic rings. The number of carboxylic acids is 1. The van der Waals surface area contributed by atoms with Crippen LogP contribution in [0.15, 0.2) is 126 Å². The molecule has 3 fully saturated rings. The molecule has 2 amide bonds. The van der Waals surface area contributed by atoms with Crippen LogP contribution >= 0.6 is 0 Å². The lowest BCUT2D eigenvalue weighted by Gasteiger charge is -2.67. The smallest absolute Gasteiger partial charge is 0.412 e. The number of Topliss-reactive ketones (excluding diaryl/α,β-unsaturated/α-hetero) is 1. The van der Waals surface area contributed by atoms with Crippen molar-refractivity contribution in [3.05, 3.63) is 149 Å². The van der Waals surface area contributed by atoms with Crippen LogP contribution in [0.25, 0.3) is 0 Å². The first-order valence-electron chi connectivity index (χ1n) is 23.9. The maximum atomic E-state index is 16.0. The first-order chi connectivity index (χ1) is 34.6. The Kier molecular flexibility index (Phi) is 14.5. The number of amides is 2. The van der Waals surface area contributed by atoms with Crippen molar-refractivity contribution in [1.29, 1.82) is 0 Å². The highest BCUT2D eigenvalue weighted by Gasteiger charge is 2.78. The Morgan fingerprint density at radius 2 is 1.42 bits per heavy atom. The molecule has 0 spiro atoms. The predicted octanol–water partition coefficient (Wildman–Crippen LogP) is 5.44. The van der Waals surface area contributed by atoms with Crippen molar-refractivity contribution in [1.82, 2.24) is 5.32 Å². The number of ketones is 1. The molecule has 1 aliphatic heterocycles. The van der Waals surface area contributed by atoms with Crippen LogP contribution in [0.2, 0.25) is 0 Å². The third-order valence-corrected chi connectivity index (χ3v) is 15.2. The fraction of sp³-hybridized carbons (Fsp3) is 0.400. The van der Waals surface area contributed by atoms with Crippen LogP contribution in [0, 0.1) is 16.7 Å². The molecular weight excluding hydrogens is 945 g/mol. The second kappa shape index (κ2) is 20.3. The lowest BCUT2D eigenvalue weighted by atomic mass is 9.44. The Labute approximate surface area is 420 Å². The van der Waals surface area contributed by atoms with E-state index in [2.05, 4.69) is 10.6 Å². The van der Waals surface area contributed by atoms with Gasteiger partial charge in [0.2, 0.25) is 0 Å². The molecule has 18 heteroatoms. The lowest BCUT2D eigenvalue weighted by molar-refractivity contribution is -0.345. The first kappa shape index (κ1) is 52.1. The van der Waals surface area contributed by atoms with Gasteiger partial charge < -0.3 is 49.4 Å². The molecule has 0 aromatic heterocycles. The van der Waals surface area contributed by atoms with Crippen molar-refractivity contribution in [2.24, 2.45) is 16.7 Å². The predicted molar refractivity (Wildman–Crippen MR) is 258 cm³/mol. The van der Waals surface area contributed by atoms with Crippen molar-refractivity contribution in [3.63, 3.8) is 0 Å². The minimum absolute atomic E-state index is 0.0319. The van der Waals surface area contributed by atoms with Gasteiger partial charge in [0.15, 0.2) is 23.6 Å². The van der Waals surface area contributed by atoms with E-state index >= 15 is 4.79 Å². The summed E-state index contributed by atoms with van der Waals surface area (Å²) in [4.78, 5) is 97.3. The van der Waals surface area contributed by atoms with Crippen LogP contribution in [0.4, 0.5) is 10.5 Å². The molecule has 2 saturated carbocycles. The summed E-state index contributed by atoms with van der Waals surface area (Å²) in [6.07, 6.45) is -12.3. The zero-order chi connectivity index (χ0) is 52.6. The summed E-state index contributed by atoms with van der Waals surface area (Å²) < 4.78 is 30.9. The average molecular weight is 1000 g/mol. The Balaban J connectivity index is 1.27. The quantitative estimate of drug-likeness (QED) is 0.0522. The van der Waals surface area contributed by atoms with Gasteiger partial charge in [-0.2, -0.15) is 0 Å². The number of carbonyl (C=O) groups excluding carboxylic acids is 6. The first-order valence-corrected chi connectivity index (χ1v) is 23.9. The molecule has 384 valence electrons. The number of anilines is 1. The second-order valence-corrected chi connectivity index (χ2v) is 19.9. The van der Waals surface area contributed by atoms with Gasteiger partial charge in [0, 0.05) is 42.9 Å². The number of hydrogen-bond donors (Lipinski definition) is 6. The molecule has 2 bridgehead atoms. The molecule has 6 N–H and O–H groups in total. The van der Waals surface area contributed by atoms with Gasteiger partial charge in [-0.25, -0.2) is 14.4 Å². The monoisotopic (exact) mass is 1000 g/mol. The van der Waals surface area contributed by atoms with Crippen molar-refractivity contribution in [3.8, 4) is 0 Å². The van der Waals surface area contributed by atoms with Gasteiger partial charge in [-0.1, -0.05) is 92.7 Å². The summed E-state index contributed by atoms with van der Waals surface area (Å²) in [5, 5.41) is 52.8. The number of rotatable bonds is 14. The average Bonchev–Trinajstić information content (AvgIpc) is 3.36. The Bertz CT molecular complexity index is 2800. The Morgan fingerprint density at radius 1 is 0.822 bits per heavy atom. The second-order valence-electron chi connectivity index (χ2n) is 19.9. The summed E-state index contributed by atoms with van der Waals surface area (Å²) in [6, 6.07) is 28.9. The van der Waals surface area contributed by atoms with Crippen LogP contribution in [0.1, 0.15) is 91.8 Å². The van der Waals surface area contributed by atoms with E-state index in [0.717, 1.165) is 6.92 Å². The fourth-order valence-corrected chi connectivity index (χ4v) is 11.3. The molecular formula is C55H58N2O16. The zero-order valence-corrected chi connectivity index (χ0v) is 40.8. The van der Waals surface area contributed by atoms with E-state index in [1.165, 1.54) is 52.0 Å². The van der Waals surface area contributed by atoms with E-state index in [9.17, 15) is 44.1 Å². The number of aliphatic carboxylic acids is 1. The van der Waals surface area contributed by atoms with Gasteiger partial charge in [0.05, 0.1) is 35.6 Å². The normalized spacial score (nSPS) is 28.7. The van der Waals surface area contributed by atoms with Crippen molar-refractivity contribution in [2.75, 3.05) is 11.9 Å². The Hall–Kier alpha value is -7.25. The van der Waals surface area contributed by atoms with Crippen molar-refractivity contribution in [2.45, 2.75) is 114 Å². The fourth-order valence-electron chi connectivity index (χ4n) is 11.3. The van der Waals surface area contributed by atoms with E-state index in [4.69, 9.17) is 28.8 Å². The van der Waals surface area contributed by atoms with E-state index in [1.807, 2.05) is 0 Å². The maximum absolute atomic E-state index is 16.0. The van der Waals surface area contributed by atoms with Gasteiger partial charge in [0.1, 0.15) is 23.9 Å². The van der Waals surface area contributed by atoms with Crippen LogP contribution in [-0.4, -0.2) is 117 Å². The van der Waals surface area contributed by atoms with Crippen molar-refractivity contribution < 1.29 is 77.7 Å². The minimum Gasteiger partial charge on any atom is -0.481 e. The minimum atomic E-state index is -2.50. The number of esters is 3. The molecule has 3 aliphatic carbocycles. The van der Waals surface area contributed by atoms with Crippen LogP contribution < -0.4 is 10.6 Å². The molecule has 0 radical (unpaired) electrons. The molecule has 4 aromatic carbocycles. The molecule has 4 aliphatic rings. The summed E-state index contributed by atoms with van der Waals surface area (Å²) >= 11 is 0. The molecule has 1 heterocycles. The van der Waals surface area contributed by atoms with Crippen LogP contribution in [-0.2, 0) is 49.3 Å². The van der Waals surface area contributed by atoms with Crippen LogP contribution in [0.5, 0.6) is 0 Å². The molecule has 8 rings (SSSR count). The van der Waals surface area contributed by atoms with E-state index in [1.54, 1.807) is 91.0 Å². The Morgan fingerprint density at radius 3 is 2.00 bits per heavy atom. The number of aliphatic hydroxyl groups is 3. The molecule has 18 nitrogen and oxygen atoms in total. The van der Waals surface area contributed by atoms with E-state index in [0.29, 0.717) is 11.1 Å². The van der Waals surface area contributed by atoms with Crippen molar-refractivity contribution >= 4 is 47.3 Å². The number of aliphatic hydroxyl groups excluding tert-OH is 2. The largest absolute Gasteiger partial charge is 0.481 e. The highest BCUT2D eigenvalue weighted by atomic mass is 16.6. The number of carbonyl (C=O) groups is 7. The van der Waals surface area contributed by atoms with Gasteiger partial charge in [-0.3, -0.25) is 24.5 Å². The topological polar surface area (TPSA) is 271 Å². The maximum Gasteiger partial charge on any atom is 0.412 e. The molecule has 1 saturated heterocycles. The summed E-state index contributed by atoms with van der Waals surface area (Å²) in [6.45, 7) is 6.67. The SMILES string of the molecule is CC(=O)O[C@]12COC1C[C@H](O)C1(C)C(=O)[C@H](OC(=O)Nc3ccc(CCC(=O)O)cc3)C3=C(C)[C@@H](OC(=O)[C@H](O)[C@@H](NC(=O)c4ccccc4)c4ccccc4)C[C@@](O)([C@@H](OC(=O)c4ccccc4)[C@@H]12)C3(C)C.